The molecule has 0 N–H and O–H groups in total. The Morgan fingerprint density at radius 2 is 1.85 bits per heavy atom. The fourth-order valence-corrected chi connectivity index (χ4v) is 0.964. The SMILES string of the molecule is CC(C)=CC(=O)CCCN(C)C.Cl. The van der Waals surface area contributed by atoms with E-state index >= 15 is 0 Å². The van der Waals surface area contributed by atoms with E-state index in [1.807, 2.05) is 27.9 Å². The maximum absolute atomic E-state index is 11.1. The maximum Gasteiger partial charge on any atom is 0.155 e. The third-order valence-electron chi connectivity index (χ3n) is 1.48. The number of halogens is 1. The Kier molecular flexibility index (Phi) is 9.63. The van der Waals surface area contributed by atoms with Gasteiger partial charge in [-0.15, -0.1) is 12.4 Å². The first kappa shape index (κ1) is 15.1. The van der Waals surface area contributed by atoms with Crippen LogP contribution in [0.15, 0.2) is 11.6 Å². The highest BCUT2D eigenvalue weighted by Gasteiger charge is 1.97. The van der Waals surface area contributed by atoms with Gasteiger partial charge in [-0.25, -0.2) is 0 Å². The van der Waals surface area contributed by atoms with Gasteiger partial charge in [0, 0.05) is 6.42 Å². The normalized spacial score (nSPS) is 9.31. The Morgan fingerprint density at radius 3 is 2.23 bits per heavy atom. The summed E-state index contributed by atoms with van der Waals surface area (Å²) < 4.78 is 0. The van der Waals surface area contributed by atoms with Crippen molar-refractivity contribution in [2.24, 2.45) is 0 Å². The lowest BCUT2D eigenvalue weighted by atomic mass is 10.1. The van der Waals surface area contributed by atoms with Gasteiger partial charge in [0.1, 0.15) is 0 Å². The summed E-state index contributed by atoms with van der Waals surface area (Å²) in [6.07, 6.45) is 3.34. The van der Waals surface area contributed by atoms with Gasteiger partial charge >= 0.3 is 0 Å². The number of hydrogen-bond donors (Lipinski definition) is 0. The molecular formula is C10H20ClNO. The largest absolute Gasteiger partial charge is 0.309 e. The number of hydrogen-bond acceptors (Lipinski definition) is 2. The van der Waals surface area contributed by atoms with E-state index < -0.39 is 0 Å². The number of allylic oxidation sites excluding steroid dienone is 2. The molecule has 0 aliphatic heterocycles. The Morgan fingerprint density at radius 1 is 1.31 bits per heavy atom. The highest BCUT2D eigenvalue weighted by Crippen LogP contribution is 1.97. The number of nitrogens with zero attached hydrogens (tertiary/aromatic N) is 1. The molecule has 0 saturated heterocycles. The Labute approximate surface area is 87.4 Å². The van der Waals surface area contributed by atoms with Gasteiger partial charge in [0.05, 0.1) is 0 Å². The number of rotatable bonds is 5. The monoisotopic (exact) mass is 205 g/mol. The van der Waals surface area contributed by atoms with Crippen molar-refractivity contribution in [3.05, 3.63) is 11.6 Å². The zero-order valence-electron chi connectivity index (χ0n) is 8.96. The van der Waals surface area contributed by atoms with Crippen molar-refractivity contribution in [2.45, 2.75) is 26.7 Å². The standard InChI is InChI=1S/C10H19NO.ClH/c1-9(2)8-10(12)6-5-7-11(3)4;/h8H,5-7H2,1-4H3;1H. The summed E-state index contributed by atoms with van der Waals surface area (Å²) in [5.74, 6) is 0.247. The van der Waals surface area contributed by atoms with Gasteiger partial charge in [0.25, 0.3) is 0 Å². The van der Waals surface area contributed by atoms with Gasteiger partial charge in [-0.2, -0.15) is 0 Å². The van der Waals surface area contributed by atoms with Crippen molar-refractivity contribution >= 4 is 18.2 Å². The molecule has 0 amide bonds. The van der Waals surface area contributed by atoms with Gasteiger partial charge < -0.3 is 4.90 Å². The van der Waals surface area contributed by atoms with E-state index in [1.165, 1.54) is 0 Å². The second kappa shape index (κ2) is 8.27. The van der Waals surface area contributed by atoms with E-state index in [-0.39, 0.29) is 18.2 Å². The van der Waals surface area contributed by atoms with Gasteiger partial charge in [-0.05, 0) is 47.0 Å². The van der Waals surface area contributed by atoms with Crippen LogP contribution in [-0.4, -0.2) is 31.3 Å². The second-order valence-corrected chi connectivity index (χ2v) is 3.59. The molecule has 0 unspecified atom stereocenters. The zero-order valence-corrected chi connectivity index (χ0v) is 9.78. The lowest BCUT2D eigenvalue weighted by Gasteiger charge is -2.07. The average Bonchev–Trinajstić information content (AvgIpc) is 1.84. The van der Waals surface area contributed by atoms with Crippen LogP contribution < -0.4 is 0 Å². The molecule has 0 rings (SSSR count). The van der Waals surface area contributed by atoms with Crippen LogP contribution in [0.1, 0.15) is 26.7 Å². The van der Waals surface area contributed by atoms with Gasteiger partial charge in [-0.1, -0.05) is 5.57 Å². The van der Waals surface area contributed by atoms with Crippen LogP contribution in [0.5, 0.6) is 0 Å². The van der Waals surface area contributed by atoms with Crippen LogP contribution in [0.25, 0.3) is 0 Å². The van der Waals surface area contributed by atoms with Crippen molar-refractivity contribution in [1.29, 1.82) is 0 Å². The maximum atomic E-state index is 11.1. The predicted molar refractivity (Wildman–Crippen MR) is 59.5 cm³/mol. The van der Waals surface area contributed by atoms with E-state index in [4.69, 9.17) is 0 Å². The average molecular weight is 206 g/mol. The molecule has 0 aromatic rings. The molecule has 0 spiro atoms. The summed E-state index contributed by atoms with van der Waals surface area (Å²) in [6.45, 7) is 4.88. The molecule has 0 heterocycles. The van der Waals surface area contributed by atoms with Crippen LogP contribution in [0.2, 0.25) is 0 Å². The summed E-state index contributed by atoms with van der Waals surface area (Å²) in [6, 6.07) is 0. The van der Waals surface area contributed by atoms with Gasteiger partial charge in [0.2, 0.25) is 0 Å². The molecule has 3 heteroatoms. The fourth-order valence-electron chi connectivity index (χ4n) is 0.964. The Bertz CT molecular complexity index is 172. The molecule has 13 heavy (non-hydrogen) atoms. The van der Waals surface area contributed by atoms with Crippen LogP contribution in [0.3, 0.4) is 0 Å². The van der Waals surface area contributed by atoms with Crippen molar-refractivity contribution in [3.63, 3.8) is 0 Å². The highest BCUT2D eigenvalue weighted by atomic mass is 35.5. The third kappa shape index (κ3) is 11.7. The van der Waals surface area contributed by atoms with Crippen LogP contribution in [0.4, 0.5) is 0 Å². The van der Waals surface area contributed by atoms with Crippen LogP contribution >= 0.6 is 12.4 Å². The molecule has 0 bridgehead atoms. The lowest BCUT2D eigenvalue weighted by molar-refractivity contribution is -0.114. The first-order chi connectivity index (χ1) is 5.52. The molecule has 0 aliphatic carbocycles. The summed E-state index contributed by atoms with van der Waals surface area (Å²) >= 11 is 0. The first-order valence-corrected chi connectivity index (χ1v) is 4.35. The van der Waals surface area contributed by atoms with Crippen LogP contribution in [-0.2, 0) is 4.79 Å². The van der Waals surface area contributed by atoms with Crippen molar-refractivity contribution in [1.82, 2.24) is 4.90 Å². The van der Waals surface area contributed by atoms with Crippen molar-refractivity contribution < 1.29 is 4.79 Å². The van der Waals surface area contributed by atoms with E-state index in [1.54, 1.807) is 6.08 Å². The second-order valence-electron chi connectivity index (χ2n) is 3.59. The molecule has 0 radical (unpaired) electrons. The molecule has 0 aromatic carbocycles. The van der Waals surface area contributed by atoms with Gasteiger partial charge in [-0.3, -0.25) is 4.79 Å². The van der Waals surface area contributed by atoms with Crippen LogP contribution in [0, 0.1) is 0 Å². The zero-order chi connectivity index (χ0) is 9.56. The lowest BCUT2D eigenvalue weighted by Crippen LogP contribution is -2.13. The minimum Gasteiger partial charge on any atom is -0.309 e. The topological polar surface area (TPSA) is 20.3 Å². The first-order valence-electron chi connectivity index (χ1n) is 4.35. The molecule has 0 atom stereocenters. The third-order valence-corrected chi connectivity index (χ3v) is 1.48. The molecule has 0 aromatic heterocycles. The predicted octanol–water partition coefficient (Wildman–Crippen LogP) is 2.29. The molecule has 78 valence electrons. The summed E-state index contributed by atoms with van der Waals surface area (Å²) in [7, 11) is 4.04. The summed E-state index contributed by atoms with van der Waals surface area (Å²) in [5.41, 5.74) is 1.09. The van der Waals surface area contributed by atoms with E-state index in [0.717, 1.165) is 18.5 Å². The number of carbonyl (C=O) groups is 1. The molecule has 0 saturated carbocycles. The molecular weight excluding hydrogens is 186 g/mol. The van der Waals surface area contributed by atoms with Gasteiger partial charge in [0.15, 0.2) is 5.78 Å². The summed E-state index contributed by atoms with van der Waals surface area (Å²) in [4.78, 5) is 13.2. The van der Waals surface area contributed by atoms with E-state index in [0.29, 0.717) is 6.42 Å². The van der Waals surface area contributed by atoms with Crippen molar-refractivity contribution in [2.75, 3.05) is 20.6 Å². The van der Waals surface area contributed by atoms with Crippen molar-refractivity contribution in [3.8, 4) is 0 Å². The molecule has 0 fully saturated rings. The number of ketones is 1. The molecule has 2 nitrogen and oxygen atoms in total. The fraction of sp³-hybridized carbons (Fsp3) is 0.700. The Hall–Kier alpha value is -0.340. The highest BCUT2D eigenvalue weighted by molar-refractivity contribution is 5.90. The summed E-state index contributed by atoms with van der Waals surface area (Å²) in [5, 5.41) is 0. The van der Waals surface area contributed by atoms with E-state index in [9.17, 15) is 4.79 Å². The Balaban J connectivity index is 0. The molecule has 0 aliphatic rings. The smallest absolute Gasteiger partial charge is 0.155 e. The minimum absolute atomic E-state index is 0. The quantitative estimate of drug-likeness (QED) is 0.642. The number of carbonyl (C=O) groups excluding carboxylic acids is 1. The minimum atomic E-state index is 0. The van der Waals surface area contributed by atoms with E-state index in [2.05, 4.69) is 4.90 Å².